The molecule has 0 unspecified atom stereocenters. The highest BCUT2D eigenvalue weighted by Gasteiger charge is 2.61. The molecule has 4 atom stereocenters. The third-order valence-electron chi connectivity index (χ3n) is 6.80. The number of rotatable bonds is 3. The molecule has 0 radical (unpaired) electrons. The molecule has 1 aromatic heterocycles. The van der Waals surface area contributed by atoms with Crippen LogP contribution < -0.4 is 5.32 Å². The Balaban J connectivity index is 1.30. The molecule has 2 N–H and O–H groups in total. The van der Waals surface area contributed by atoms with Gasteiger partial charge in [0, 0.05) is 35.1 Å². The highest BCUT2D eigenvalue weighted by molar-refractivity contribution is 6.06. The highest BCUT2D eigenvalue weighted by Crippen LogP contribution is 2.49. The fourth-order valence-corrected chi connectivity index (χ4v) is 4.85. The Morgan fingerprint density at radius 1 is 1.42 bits per heavy atom. The molecule has 5 rings (SSSR count). The Bertz CT molecular complexity index is 1120. The van der Waals surface area contributed by atoms with Gasteiger partial charge in [-0.05, 0) is 50.8 Å². The van der Waals surface area contributed by atoms with Gasteiger partial charge in [-0.25, -0.2) is 9.18 Å². The SMILES string of the molecule is C=C1C(=O)O[C@H]2[C@H]1CCC(CNC(=O)c1c[nH]c3ccc(F)cc13)=CCC[C@@]1(C)O[C@@H]21. The average molecular weight is 424 g/mol. The fourth-order valence-electron chi connectivity index (χ4n) is 4.85. The van der Waals surface area contributed by atoms with Gasteiger partial charge in [-0.2, -0.15) is 0 Å². The van der Waals surface area contributed by atoms with Crippen molar-refractivity contribution in [3.05, 3.63) is 59.6 Å². The van der Waals surface area contributed by atoms with E-state index in [-0.39, 0.29) is 41.4 Å². The molecule has 2 aromatic rings. The number of benzene rings is 1. The molecule has 1 aromatic carbocycles. The van der Waals surface area contributed by atoms with Crippen LogP contribution in [0.3, 0.4) is 0 Å². The van der Waals surface area contributed by atoms with Crippen LogP contribution in [-0.2, 0) is 14.3 Å². The first-order valence-corrected chi connectivity index (χ1v) is 10.7. The van der Waals surface area contributed by atoms with Crippen molar-refractivity contribution in [2.45, 2.75) is 50.4 Å². The minimum Gasteiger partial charge on any atom is -0.455 e. The van der Waals surface area contributed by atoms with E-state index in [0.29, 0.717) is 35.0 Å². The van der Waals surface area contributed by atoms with E-state index in [2.05, 4.69) is 29.9 Å². The number of aromatic nitrogens is 1. The predicted octanol–water partition coefficient (Wildman–Crippen LogP) is 3.79. The monoisotopic (exact) mass is 424 g/mol. The van der Waals surface area contributed by atoms with E-state index in [1.54, 1.807) is 12.3 Å². The van der Waals surface area contributed by atoms with Gasteiger partial charge in [0.2, 0.25) is 0 Å². The zero-order chi connectivity index (χ0) is 21.8. The van der Waals surface area contributed by atoms with E-state index < -0.39 is 0 Å². The zero-order valence-electron chi connectivity index (χ0n) is 17.4. The molecule has 2 fully saturated rings. The van der Waals surface area contributed by atoms with Crippen molar-refractivity contribution in [3.8, 4) is 0 Å². The molecule has 2 saturated heterocycles. The standard InChI is InChI=1S/C24H25FN2O4/c1-13-16-7-5-14(4-3-9-24(2)21(31-24)20(16)30-23(13)29)11-27-22(28)18-12-26-19-8-6-15(25)10-17(18)19/h4,6,8,10,12,16,20-21,26H,1,3,5,7,9,11H2,2H3,(H,27,28)/t16-,20-,21-,24+/m0/s1. The summed E-state index contributed by atoms with van der Waals surface area (Å²) in [7, 11) is 0. The van der Waals surface area contributed by atoms with Crippen LogP contribution in [0.15, 0.2) is 48.2 Å². The highest BCUT2D eigenvalue weighted by atomic mass is 19.1. The second kappa shape index (κ2) is 7.34. The van der Waals surface area contributed by atoms with Crippen LogP contribution in [0.5, 0.6) is 0 Å². The van der Waals surface area contributed by atoms with Crippen LogP contribution >= 0.6 is 0 Å². The molecule has 3 heterocycles. The normalized spacial score (nSPS) is 30.3. The van der Waals surface area contributed by atoms with Crippen LogP contribution in [0.4, 0.5) is 4.39 Å². The Morgan fingerprint density at radius 2 is 2.26 bits per heavy atom. The van der Waals surface area contributed by atoms with Crippen molar-refractivity contribution in [1.29, 1.82) is 0 Å². The van der Waals surface area contributed by atoms with Gasteiger partial charge in [0.15, 0.2) is 0 Å². The molecule has 0 spiro atoms. The van der Waals surface area contributed by atoms with Crippen molar-refractivity contribution < 1.29 is 23.5 Å². The van der Waals surface area contributed by atoms with E-state index in [0.717, 1.165) is 24.8 Å². The number of esters is 1. The summed E-state index contributed by atoms with van der Waals surface area (Å²) in [6.07, 6.45) is 6.49. The van der Waals surface area contributed by atoms with Crippen molar-refractivity contribution >= 4 is 22.8 Å². The Kier molecular flexibility index (Phi) is 4.73. The summed E-state index contributed by atoms with van der Waals surface area (Å²) in [5.74, 6) is -1.05. The van der Waals surface area contributed by atoms with Gasteiger partial charge in [-0.15, -0.1) is 0 Å². The largest absolute Gasteiger partial charge is 0.455 e. The molecule has 31 heavy (non-hydrogen) atoms. The van der Waals surface area contributed by atoms with Crippen LogP contribution in [0, 0.1) is 11.7 Å². The van der Waals surface area contributed by atoms with E-state index in [1.807, 2.05) is 0 Å². The summed E-state index contributed by atoms with van der Waals surface area (Å²) < 4.78 is 25.1. The van der Waals surface area contributed by atoms with E-state index >= 15 is 0 Å². The maximum atomic E-state index is 13.6. The molecule has 162 valence electrons. The quantitative estimate of drug-likeness (QED) is 0.340. The maximum Gasteiger partial charge on any atom is 0.334 e. The van der Waals surface area contributed by atoms with E-state index in [1.165, 1.54) is 12.1 Å². The number of hydrogen-bond donors (Lipinski definition) is 2. The number of aromatic amines is 1. The number of carbonyl (C=O) groups is 2. The molecular weight excluding hydrogens is 399 g/mol. The van der Waals surface area contributed by atoms with Gasteiger partial charge in [0.05, 0.1) is 11.2 Å². The Morgan fingerprint density at radius 3 is 3.10 bits per heavy atom. The number of carbonyl (C=O) groups excluding carboxylic acids is 2. The maximum absolute atomic E-state index is 13.6. The number of allylic oxidation sites excluding steroid dienone is 1. The minimum atomic E-state index is -0.381. The summed E-state index contributed by atoms with van der Waals surface area (Å²) in [4.78, 5) is 27.8. The lowest BCUT2D eigenvalue weighted by molar-refractivity contribution is -0.140. The van der Waals surface area contributed by atoms with Crippen molar-refractivity contribution in [2.75, 3.05) is 6.54 Å². The number of fused-ring (bicyclic) bond motifs is 4. The lowest BCUT2D eigenvalue weighted by Gasteiger charge is -2.20. The third-order valence-corrected chi connectivity index (χ3v) is 6.80. The second-order valence-electron chi connectivity index (χ2n) is 8.87. The van der Waals surface area contributed by atoms with Gasteiger partial charge in [0.25, 0.3) is 5.91 Å². The van der Waals surface area contributed by atoms with Crippen molar-refractivity contribution in [1.82, 2.24) is 10.3 Å². The van der Waals surface area contributed by atoms with Crippen LogP contribution in [0.1, 0.15) is 43.0 Å². The molecule has 1 amide bonds. The lowest BCUT2D eigenvalue weighted by Crippen LogP contribution is -2.30. The first-order chi connectivity index (χ1) is 14.9. The lowest BCUT2D eigenvalue weighted by atomic mass is 9.84. The molecule has 1 aliphatic carbocycles. The molecule has 7 heteroatoms. The van der Waals surface area contributed by atoms with Gasteiger partial charge < -0.3 is 19.8 Å². The van der Waals surface area contributed by atoms with Crippen molar-refractivity contribution in [2.24, 2.45) is 5.92 Å². The number of nitrogens with one attached hydrogen (secondary N) is 2. The summed E-state index contributed by atoms with van der Waals surface area (Å²) in [6.45, 7) is 6.38. The first-order valence-electron chi connectivity index (χ1n) is 10.7. The van der Waals surface area contributed by atoms with Gasteiger partial charge in [-0.1, -0.05) is 18.2 Å². The summed E-state index contributed by atoms with van der Waals surface area (Å²) in [5, 5.41) is 3.52. The number of halogens is 1. The van der Waals surface area contributed by atoms with Crippen LogP contribution in [0.2, 0.25) is 0 Å². The topological polar surface area (TPSA) is 83.7 Å². The van der Waals surface area contributed by atoms with Crippen LogP contribution in [-0.4, -0.2) is 41.2 Å². The summed E-state index contributed by atoms with van der Waals surface area (Å²) >= 11 is 0. The van der Waals surface area contributed by atoms with Gasteiger partial charge in [-0.3, -0.25) is 4.79 Å². The number of ether oxygens (including phenoxy) is 2. The Hall–Kier alpha value is -2.93. The summed E-state index contributed by atoms with van der Waals surface area (Å²) in [6, 6.07) is 4.34. The second-order valence-corrected chi connectivity index (χ2v) is 8.87. The first kappa shape index (κ1) is 20.0. The van der Waals surface area contributed by atoms with E-state index in [4.69, 9.17) is 9.47 Å². The molecule has 3 aliphatic rings. The average Bonchev–Trinajstić information content (AvgIpc) is 3.09. The number of amides is 1. The molecule has 0 bridgehead atoms. The third kappa shape index (κ3) is 3.57. The molecule has 6 nitrogen and oxygen atoms in total. The predicted molar refractivity (Wildman–Crippen MR) is 113 cm³/mol. The van der Waals surface area contributed by atoms with Gasteiger partial charge >= 0.3 is 5.97 Å². The molecule has 0 saturated carbocycles. The van der Waals surface area contributed by atoms with E-state index in [9.17, 15) is 14.0 Å². The van der Waals surface area contributed by atoms with Crippen molar-refractivity contribution in [3.63, 3.8) is 0 Å². The fraction of sp³-hybridized carbons (Fsp3) is 0.417. The zero-order valence-corrected chi connectivity index (χ0v) is 17.4. The number of hydrogen-bond acceptors (Lipinski definition) is 4. The molecule has 2 aliphatic heterocycles. The molecular formula is C24H25FN2O4. The van der Waals surface area contributed by atoms with Crippen LogP contribution in [0.25, 0.3) is 10.9 Å². The van der Waals surface area contributed by atoms with Gasteiger partial charge in [0.1, 0.15) is 18.0 Å². The smallest absolute Gasteiger partial charge is 0.334 e. The summed E-state index contributed by atoms with van der Waals surface area (Å²) in [5.41, 5.74) is 2.44. The number of H-pyrrole nitrogens is 1. The minimum absolute atomic E-state index is 0.0716. The Labute approximate surface area is 179 Å². The number of epoxide rings is 1.